The number of rotatable bonds is 9. The number of carbonyl (C=O) groups is 3. The Hall–Kier alpha value is -2.52. The van der Waals surface area contributed by atoms with Gasteiger partial charge in [0, 0.05) is 58.1 Å². The Morgan fingerprint density at radius 3 is 2.56 bits per heavy atom. The van der Waals surface area contributed by atoms with Crippen LogP contribution in [-0.2, 0) is 20.9 Å². The maximum atomic E-state index is 13.1. The third-order valence-corrected chi connectivity index (χ3v) is 6.73. The number of nitrogens with zero attached hydrogens (tertiary/aromatic N) is 4. The molecule has 174 valence electrons. The van der Waals surface area contributed by atoms with Crippen molar-refractivity contribution in [2.24, 2.45) is 0 Å². The van der Waals surface area contributed by atoms with Gasteiger partial charge in [-0.25, -0.2) is 4.79 Å². The topological polar surface area (TPSA) is 95.1 Å². The molecule has 0 atom stereocenters. The van der Waals surface area contributed by atoms with Crippen molar-refractivity contribution in [3.05, 3.63) is 30.1 Å². The van der Waals surface area contributed by atoms with Gasteiger partial charge >= 0.3 is 6.03 Å². The lowest BCUT2D eigenvalue weighted by atomic mass is 9.98. The van der Waals surface area contributed by atoms with Crippen LogP contribution >= 0.6 is 0 Å². The number of ether oxygens (including phenoxy) is 1. The van der Waals surface area contributed by atoms with Crippen LogP contribution in [0.25, 0.3) is 0 Å². The number of amides is 4. The molecule has 3 heterocycles. The average Bonchev–Trinajstić information content (AvgIpc) is 3.37. The highest BCUT2D eigenvalue weighted by Crippen LogP contribution is 2.35. The number of pyridine rings is 1. The van der Waals surface area contributed by atoms with Crippen molar-refractivity contribution in [3.63, 3.8) is 0 Å². The molecule has 1 spiro atoms. The fourth-order valence-corrected chi connectivity index (χ4v) is 4.87. The Kier molecular flexibility index (Phi) is 7.36. The predicted octanol–water partition coefficient (Wildman–Crippen LogP) is 1.39. The molecule has 1 N–H and O–H groups in total. The highest BCUT2D eigenvalue weighted by atomic mass is 16.5. The van der Waals surface area contributed by atoms with E-state index in [4.69, 9.17) is 4.74 Å². The first-order chi connectivity index (χ1) is 15.6. The molecule has 1 aromatic rings. The smallest absolute Gasteiger partial charge is 0.325 e. The van der Waals surface area contributed by atoms with E-state index in [9.17, 15) is 14.4 Å². The van der Waals surface area contributed by atoms with Gasteiger partial charge in [0.1, 0.15) is 5.54 Å². The molecule has 2 saturated heterocycles. The summed E-state index contributed by atoms with van der Waals surface area (Å²) >= 11 is 0. The first-order valence-electron chi connectivity index (χ1n) is 11.7. The minimum atomic E-state index is -0.727. The van der Waals surface area contributed by atoms with Crippen molar-refractivity contribution < 1.29 is 19.1 Å². The molecule has 3 aliphatic rings. The van der Waals surface area contributed by atoms with Gasteiger partial charge < -0.3 is 15.0 Å². The molecule has 1 saturated carbocycles. The number of hydrogen-bond acceptors (Lipinski definition) is 6. The quantitative estimate of drug-likeness (QED) is 0.580. The Balaban J connectivity index is 1.33. The fraction of sp³-hybridized carbons (Fsp3) is 0.652. The number of hydrogen-bond donors (Lipinski definition) is 1. The van der Waals surface area contributed by atoms with Crippen LogP contribution in [-0.4, -0.2) is 89.0 Å². The van der Waals surface area contributed by atoms with E-state index in [1.165, 1.54) is 4.90 Å². The Labute approximate surface area is 189 Å². The molecule has 9 heteroatoms. The second-order valence-corrected chi connectivity index (χ2v) is 8.90. The van der Waals surface area contributed by atoms with Crippen LogP contribution in [0.4, 0.5) is 4.79 Å². The molecule has 2 aliphatic heterocycles. The lowest BCUT2D eigenvalue weighted by Gasteiger charge is -2.28. The van der Waals surface area contributed by atoms with Crippen molar-refractivity contribution >= 4 is 17.8 Å². The van der Waals surface area contributed by atoms with Gasteiger partial charge in [0.05, 0.1) is 13.2 Å². The summed E-state index contributed by atoms with van der Waals surface area (Å²) < 4.78 is 5.40. The van der Waals surface area contributed by atoms with E-state index >= 15 is 0 Å². The zero-order valence-electron chi connectivity index (χ0n) is 18.6. The van der Waals surface area contributed by atoms with Crippen LogP contribution in [0.5, 0.6) is 0 Å². The van der Waals surface area contributed by atoms with E-state index in [0.29, 0.717) is 25.9 Å². The second-order valence-electron chi connectivity index (χ2n) is 8.90. The minimum absolute atomic E-state index is 0.0447. The molecular weight excluding hydrogens is 410 g/mol. The Bertz CT molecular complexity index is 806. The third kappa shape index (κ3) is 5.27. The molecule has 4 amide bonds. The summed E-state index contributed by atoms with van der Waals surface area (Å²) in [5, 5.41) is 2.88. The van der Waals surface area contributed by atoms with Crippen molar-refractivity contribution in [1.82, 2.24) is 25.0 Å². The summed E-state index contributed by atoms with van der Waals surface area (Å²) in [6.45, 7) is 5.52. The van der Waals surface area contributed by atoms with E-state index in [1.54, 1.807) is 12.4 Å². The van der Waals surface area contributed by atoms with Gasteiger partial charge in [-0.05, 0) is 37.0 Å². The van der Waals surface area contributed by atoms with Crippen LogP contribution < -0.4 is 5.32 Å². The predicted molar refractivity (Wildman–Crippen MR) is 118 cm³/mol. The molecule has 9 nitrogen and oxygen atoms in total. The zero-order valence-corrected chi connectivity index (χ0v) is 18.6. The van der Waals surface area contributed by atoms with E-state index in [2.05, 4.69) is 15.2 Å². The van der Waals surface area contributed by atoms with Gasteiger partial charge in [-0.1, -0.05) is 12.8 Å². The standard InChI is InChI=1S/C23H33N5O4/c29-20(6-13-28-21(30)23(25-22(28)31)7-1-2-8-23)27(18-19-4-9-24-10-5-19)12-3-11-26-14-16-32-17-15-26/h4-5,9-10H,1-3,6-8,11-18H2,(H,25,31). The van der Waals surface area contributed by atoms with Crippen LogP contribution in [0, 0.1) is 0 Å². The Morgan fingerprint density at radius 2 is 1.84 bits per heavy atom. The molecule has 0 unspecified atom stereocenters. The van der Waals surface area contributed by atoms with Crippen molar-refractivity contribution in [2.75, 3.05) is 45.9 Å². The van der Waals surface area contributed by atoms with Crippen LogP contribution in [0.2, 0.25) is 0 Å². The minimum Gasteiger partial charge on any atom is -0.379 e. The van der Waals surface area contributed by atoms with Crippen molar-refractivity contribution in [3.8, 4) is 0 Å². The highest BCUT2D eigenvalue weighted by molar-refractivity contribution is 6.07. The molecule has 1 aliphatic carbocycles. The summed E-state index contributed by atoms with van der Waals surface area (Å²) in [6, 6.07) is 3.45. The monoisotopic (exact) mass is 443 g/mol. The fourth-order valence-electron chi connectivity index (χ4n) is 4.87. The summed E-state index contributed by atoms with van der Waals surface area (Å²) in [5.74, 6) is -0.211. The number of aromatic nitrogens is 1. The molecule has 3 fully saturated rings. The maximum Gasteiger partial charge on any atom is 0.325 e. The van der Waals surface area contributed by atoms with Crippen LogP contribution in [0.1, 0.15) is 44.1 Å². The molecule has 4 rings (SSSR count). The number of morpholine rings is 1. The van der Waals surface area contributed by atoms with Gasteiger partial charge in [-0.15, -0.1) is 0 Å². The van der Waals surface area contributed by atoms with E-state index < -0.39 is 5.54 Å². The van der Waals surface area contributed by atoms with E-state index in [-0.39, 0.29) is 30.8 Å². The lowest BCUT2D eigenvalue weighted by Crippen LogP contribution is -2.44. The number of carbonyl (C=O) groups excluding carboxylic acids is 3. The number of urea groups is 1. The Morgan fingerprint density at radius 1 is 1.12 bits per heavy atom. The average molecular weight is 444 g/mol. The molecule has 0 bridgehead atoms. The van der Waals surface area contributed by atoms with E-state index in [0.717, 1.165) is 57.7 Å². The SMILES string of the molecule is O=C(CCN1C(=O)NC2(CCCC2)C1=O)N(CCCN1CCOCC1)Cc1ccncc1. The first kappa shape index (κ1) is 22.7. The second kappa shape index (κ2) is 10.4. The van der Waals surface area contributed by atoms with Crippen molar-refractivity contribution in [1.29, 1.82) is 0 Å². The zero-order chi connectivity index (χ0) is 22.4. The summed E-state index contributed by atoms with van der Waals surface area (Å²) in [6.07, 6.45) is 7.72. The largest absolute Gasteiger partial charge is 0.379 e. The maximum absolute atomic E-state index is 13.1. The van der Waals surface area contributed by atoms with Gasteiger partial charge in [0.15, 0.2) is 0 Å². The van der Waals surface area contributed by atoms with Crippen LogP contribution in [0.3, 0.4) is 0 Å². The molecule has 0 aromatic carbocycles. The third-order valence-electron chi connectivity index (χ3n) is 6.73. The van der Waals surface area contributed by atoms with Crippen LogP contribution in [0.15, 0.2) is 24.5 Å². The summed E-state index contributed by atoms with van der Waals surface area (Å²) in [7, 11) is 0. The van der Waals surface area contributed by atoms with Crippen molar-refractivity contribution in [2.45, 2.75) is 50.6 Å². The number of nitrogens with one attached hydrogen (secondary N) is 1. The van der Waals surface area contributed by atoms with Gasteiger partial charge in [0.2, 0.25) is 5.91 Å². The number of imide groups is 1. The highest BCUT2D eigenvalue weighted by Gasteiger charge is 2.52. The molecule has 0 radical (unpaired) electrons. The summed E-state index contributed by atoms with van der Waals surface area (Å²) in [4.78, 5) is 47.9. The first-order valence-corrected chi connectivity index (χ1v) is 11.7. The van der Waals surface area contributed by atoms with E-state index in [1.807, 2.05) is 17.0 Å². The van der Waals surface area contributed by atoms with Gasteiger partial charge in [-0.3, -0.25) is 24.4 Å². The van der Waals surface area contributed by atoms with Gasteiger partial charge in [-0.2, -0.15) is 0 Å². The summed E-state index contributed by atoms with van der Waals surface area (Å²) in [5.41, 5.74) is 0.286. The van der Waals surface area contributed by atoms with Gasteiger partial charge in [0.25, 0.3) is 5.91 Å². The molecule has 32 heavy (non-hydrogen) atoms. The normalized spacial score (nSPS) is 20.7. The molecular formula is C23H33N5O4. The lowest BCUT2D eigenvalue weighted by molar-refractivity contribution is -0.134. The molecule has 1 aromatic heterocycles.